The van der Waals surface area contributed by atoms with Crippen molar-refractivity contribution in [3.63, 3.8) is 0 Å². The van der Waals surface area contributed by atoms with Crippen LogP contribution in [0.25, 0.3) is 16.9 Å². The summed E-state index contributed by atoms with van der Waals surface area (Å²) in [6.45, 7) is 0. The summed E-state index contributed by atoms with van der Waals surface area (Å²) >= 11 is 0. The van der Waals surface area contributed by atoms with Gasteiger partial charge in [-0.05, 0) is 24.3 Å². The molecule has 0 saturated carbocycles. The number of nitrogens with one attached hydrogen (secondary N) is 1. The zero-order valence-corrected chi connectivity index (χ0v) is 8.72. The number of imidazole rings is 1. The average Bonchev–Trinajstić information content (AvgIpc) is 2.75. The summed E-state index contributed by atoms with van der Waals surface area (Å²) in [7, 11) is 0. The summed E-state index contributed by atoms with van der Waals surface area (Å²) in [4.78, 5) is 18.2. The maximum atomic E-state index is 12.8. The van der Waals surface area contributed by atoms with Crippen LogP contribution in [0.1, 0.15) is 0 Å². The van der Waals surface area contributed by atoms with E-state index in [9.17, 15) is 9.18 Å². The topological polar surface area (TPSA) is 50.2 Å². The van der Waals surface area contributed by atoms with Crippen LogP contribution in [0.3, 0.4) is 0 Å². The van der Waals surface area contributed by atoms with Gasteiger partial charge in [0.25, 0.3) is 5.56 Å². The van der Waals surface area contributed by atoms with E-state index in [1.54, 1.807) is 28.9 Å². The Hall–Kier alpha value is -2.43. The SMILES string of the molecule is O=c1[nH]ccn2c(-c3ccc(F)cc3)ncc12. The third-order valence-corrected chi connectivity index (χ3v) is 2.57. The lowest BCUT2D eigenvalue weighted by Gasteiger charge is -2.00. The Morgan fingerprint density at radius 3 is 2.76 bits per heavy atom. The van der Waals surface area contributed by atoms with Crippen LogP contribution in [0.2, 0.25) is 0 Å². The average molecular weight is 229 g/mol. The molecule has 2 heterocycles. The van der Waals surface area contributed by atoms with Crippen LogP contribution in [0, 0.1) is 5.82 Å². The quantitative estimate of drug-likeness (QED) is 0.692. The minimum Gasteiger partial charge on any atom is -0.326 e. The molecule has 1 N–H and O–H groups in total. The van der Waals surface area contributed by atoms with Crippen molar-refractivity contribution < 1.29 is 4.39 Å². The van der Waals surface area contributed by atoms with Gasteiger partial charge in [0.1, 0.15) is 17.2 Å². The van der Waals surface area contributed by atoms with Gasteiger partial charge in [-0.15, -0.1) is 0 Å². The standard InChI is InChI=1S/C12H8FN3O/c13-9-3-1-8(2-4-9)11-15-7-10-12(17)14-5-6-16(10)11/h1-7H,(H,14,17). The van der Waals surface area contributed by atoms with Crippen molar-refractivity contribution in [2.24, 2.45) is 0 Å². The molecule has 1 aromatic carbocycles. The molecule has 17 heavy (non-hydrogen) atoms. The van der Waals surface area contributed by atoms with Gasteiger partial charge in [0.2, 0.25) is 0 Å². The number of H-pyrrole nitrogens is 1. The van der Waals surface area contributed by atoms with E-state index in [1.807, 2.05) is 0 Å². The Bertz CT molecular complexity index is 727. The Balaban J connectivity index is 2.28. The first-order valence-electron chi connectivity index (χ1n) is 5.06. The van der Waals surface area contributed by atoms with Gasteiger partial charge in [0.15, 0.2) is 0 Å². The molecule has 3 aromatic rings. The maximum Gasteiger partial charge on any atom is 0.273 e. The number of hydrogen-bond acceptors (Lipinski definition) is 2. The van der Waals surface area contributed by atoms with Crippen molar-refractivity contribution >= 4 is 5.52 Å². The molecule has 2 aromatic heterocycles. The molecule has 0 unspecified atom stereocenters. The first-order valence-corrected chi connectivity index (χ1v) is 5.06. The Kier molecular flexibility index (Phi) is 2.04. The normalized spacial score (nSPS) is 10.9. The van der Waals surface area contributed by atoms with Crippen LogP contribution in [-0.2, 0) is 0 Å². The van der Waals surface area contributed by atoms with E-state index in [4.69, 9.17) is 0 Å². The lowest BCUT2D eigenvalue weighted by Crippen LogP contribution is -2.07. The van der Waals surface area contributed by atoms with Crippen LogP contribution < -0.4 is 5.56 Å². The summed E-state index contributed by atoms with van der Waals surface area (Å²) in [6, 6.07) is 5.99. The van der Waals surface area contributed by atoms with Crippen LogP contribution in [0.15, 0.2) is 47.7 Å². The van der Waals surface area contributed by atoms with E-state index in [0.29, 0.717) is 11.3 Å². The number of hydrogen-bond donors (Lipinski definition) is 1. The van der Waals surface area contributed by atoms with Crippen molar-refractivity contribution in [2.75, 3.05) is 0 Å². The van der Waals surface area contributed by atoms with E-state index >= 15 is 0 Å². The number of nitrogens with zero attached hydrogens (tertiary/aromatic N) is 2. The van der Waals surface area contributed by atoms with Gasteiger partial charge in [0.05, 0.1) is 6.20 Å². The van der Waals surface area contributed by atoms with Gasteiger partial charge in [-0.3, -0.25) is 9.20 Å². The van der Waals surface area contributed by atoms with Gasteiger partial charge in [-0.1, -0.05) is 0 Å². The first-order chi connectivity index (χ1) is 8.25. The molecule has 0 bridgehead atoms. The van der Waals surface area contributed by atoms with Crippen molar-refractivity contribution in [2.45, 2.75) is 0 Å². The second-order valence-electron chi connectivity index (χ2n) is 3.63. The van der Waals surface area contributed by atoms with Crippen LogP contribution in [0.5, 0.6) is 0 Å². The molecule has 0 saturated heterocycles. The molecule has 5 heteroatoms. The van der Waals surface area contributed by atoms with Crippen molar-refractivity contribution in [1.29, 1.82) is 0 Å². The number of fused-ring (bicyclic) bond motifs is 1. The Morgan fingerprint density at radius 1 is 1.24 bits per heavy atom. The van der Waals surface area contributed by atoms with Gasteiger partial charge >= 0.3 is 0 Å². The molecule has 0 aliphatic rings. The van der Waals surface area contributed by atoms with Crippen LogP contribution in [0.4, 0.5) is 4.39 Å². The molecular formula is C12H8FN3O. The molecule has 84 valence electrons. The third kappa shape index (κ3) is 1.52. The van der Waals surface area contributed by atoms with Crippen LogP contribution >= 0.6 is 0 Å². The fourth-order valence-corrected chi connectivity index (χ4v) is 1.75. The van der Waals surface area contributed by atoms with Crippen molar-refractivity contribution in [3.05, 3.63) is 59.0 Å². The number of benzene rings is 1. The summed E-state index contributed by atoms with van der Waals surface area (Å²) in [5, 5.41) is 0. The van der Waals surface area contributed by atoms with Crippen LogP contribution in [-0.4, -0.2) is 14.4 Å². The Morgan fingerprint density at radius 2 is 2.00 bits per heavy atom. The second-order valence-corrected chi connectivity index (χ2v) is 3.63. The second kappa shape index (κ2) is 3.55. The number of rotatable bonds is 1. The molecule has 0 aliphatic carbocycles. The highest BCUT2D eigenvalue weighted by molar-refractivity contribution is 5.61. The maximum absolute atomic E-state index is 12.8. The minimum absolute atomic E-state index is 0.201. The number of aromatic nitrogens is 3. The zero-order valence-electron chi connectivity index (χ0n) is 8.72. The van der Waals surface area contributed by atoms with E-state index in [-0.39, 0.29) is 11.4 Å². The van der Waals surface area contributed by atoms with Crippen molar-refractivity contribution in [1.82, 2.24) is 14.4 Å². The molecule has 4 nitrogen and oxygen atoms in total. The highest BCUT2D eigenvalue weighted by Gasteiger charge is 2.07. The lowest BCUT2D eigenvalue weighted by atomic mass is 10.2. The largest absolute Gasteiger partial charge is 0.326 e. The van der Waals surface area contributed by atoms with Gasteiger partial charge in [-0.2, -0.15) is 0 Å². The molecule has 0 aliphatic heterocycles. The highest BCUT2D eigenvalue weighted by atomic mass is 19.1. The zero-order chi connectivity index (χ0) is 11.8. The molecule has 0 amide bonds. The number of aromatic amines is 1. The minimum atomic E-state index is -0.299. The molecule has 0 fully saturated rings. The summed E-state index contributed by atoms with van der Waals surface area (Å²) in [6.07, 6.45) is 4.75. The van der Waals surface area contributed by atoms with E-state index in [0.717, 1.165) is 5.56 Å². The monoisotopic (exact) mass is 229 g/mol. The predicted molar refractivity (Wildman–Crippen MR) is 61.2 cm³/mol. The summed E-state index contributed by atoms with van der Waals surface area (Å²) < 4.78 is 14.5. The third-order valence-electron chi connectivity index (χ3n) is 2.57. The Labute approximate surface area is 95.4 Å². The molecule has 0 radical (unpaired) electrons. The van der Waals surface area contributed by atoms with E-state index in [2.05, 4.69) is 9.97 Å². The molecular weight excluding hydrogens is 221 g/mol. The highest BCUT2D eigenvalue weighted by Crippen LogP contribution is 2.18. The van der Waals surface area contributed by atoms with E-state index < -0.39 is 0 Å². The lowest BCUT2D eigenvalue weighted by molar-refractivity contribution is 0.628. The van der Waals surface area contributed by atoms with E-state index in [1.165, 1.54) is 18.3 Å². The first kappa shape index (κ1) is 9.77. The smallest absolute Gasteiger partial charge is 0.273 e. The number of halogens is 1. The van der Waals surface area contributed by atoms with Gasteiger partial charge < -0.3 is 4.98 Å². The van der Waals surface area contributed by atoms with Crippen molar-refractivity contribution in [3.8, 4) is 11.4 Å². The molecule has 3 rings (SSSR count). The molecule has 0 spiro atoms. The fraction of sp³-hybridized carbons (Fsp3) is 0. The summed E-state index contributed by atoms with van der Waals surface area (Å²) in [5.41, 5.74) is 1.03. The summed E-state index contributed by atoms with van der Waals surface area (Å²) in [5.74, 6) is 0.318. The van der Waals surface area contributed by atoms with Gasteiger partial charge in [-0.25, -0.2) is 9.37 Å². The fourth-order valence-electron chi connectivity index (χ4n) is 1.75. The van der Waals surface area contributed by atoms with Gasteiger partial charge in [0, 0.05) is 18.0 Å². The predicted octanol–water partition coefficient (Wildman–Crippen LogP) is 1.83. The molecule has 0 atom stereocenters.